The molecule has 5 nitrogen and oxygen atoms in total. The van der Waals surface area contributed by atoms with Gasteiger partial charge in [0, 0.05) is 18.1 Å². The van der Waals surface area contributed by atoms with E-state index in [1.165, 1.54) is 18.2 Å². The molecule has 0 aliphatic heterocycles. The number of carboxylic acid groups (broad SMARTS) is 1. The predicted molar refractivity (Wildman–Crippen MR) is 59.8 cm³/mol. The highest BCUT2D eigenvalue weighted by Gasteiger charge is 2.14. The average molecular weight is 234 g/mol. The topological polar surface area (TPSA) is 87.7 Å². The Morgan fingerprint density at radius 3 is 2.88 bits per heavy atom. The van der Waals surface area contributed by atoms with Crippen molar-refractivity contribution >= 4 is 12.0 Å². The van der Waals surface area contributed by atoms with Crippen LogP contribution in [0.2, 0.25) is 0 Å². The molecule has 1 aliphatic carbocycles. The molecule has 88 valence electrons. The fraction of sp³-hybridized carbons (Fsp3) is 0.167. The van der Waals surface area contributed by atoms with Crippen LogP contribution in [0.4, 0.5) is 0 Å². The van der Waals surface area contributed by atoms with Gasteiger partial charge in [-0.25, -0.2) is 4.79 Å². The minimum Gasteiger partial charge on any atom is -0.508 e. The number of aliphatic hydroxyl groups excluding tert-OH is 1. The molecule has 0 atom stereocenters. The number of hydrogen-bond donors (Lipinski definition) is 2. The van der Waals surface area contributed by atoms with Gasteiger partial charge >= 0.3 is 11.6 Å². The Morgan fingerprint density at radius 2 is 2.18 bits per heavy atom. The van der Waals surface area contributed by atoms with Crippen molar-refractivity contribution in [1.82, 2.24) is 0 Å². The summed E-state index contributed by atoms with van der Waals surface area (Å²) in [6.07, 6.45) is 4.50. The number of aliphatic hydroxyl groups is 1. The summed E-state index contributed by atoms with van der Waals surface area (Å²) in [6, 6.07) is 1.17. The van der Waals surface area contributed by atoms with Crippen LogP contribution in [-0.2, 0) is 17.6 Å². The maximum Gasteiger partial charge on any atom is 0.336 e. The molecule has 2 rings (SSSR count). The molecule has 17 heavy (non-hydrogen) atoms. The Bertz CT molecular complexity index is 577. The maximum atomic E-state index is 11.3. The van der Waals surface area contributed by atoms with Gasteiger partial charge in [-0.2, -0.15) is 0 Å². The molecule has 0 unspecified atom stereocenters. The average Bonchev–Trinajstić information content (AvgIpc) is 2.40. The second kappa shape index (κ2) is 4.29. The first-order valence-electron chi connectivity index (χ1n) is 5.01. The van der Waals surface area contributed by atoms with Gasteiger partial charge in [-0.1, -0.05) is 0 Å². The molecule has 0 fully saturated rings. The summed E-state index contributed by atoms with van der Waals surface area (Å²) in [5.74, 6) is -0.591. The van der Waals surface area contributed by atoms with Gasteiger partial charge in [0.1, 0.15) is 11.5 Å². The van der Waals surface area contributed by atoms with Crippen LogP contribution < -0.4 is 5.63 Å². The Hall–Kier alpha value is -2.30. The summed E-state index contributed by atoms with van der Waals surface area (Å²) >= 11 is 0. The lowest BCUT2D eigenvalue weighted by atomic mass is 10.0. The number of aliphatic carboxylic acids is 1. The van der Waals surface area contributed by atoms with E-state index in [2.05, 4.69) is 0 Å². The molecule has 0 saturated heterocycles. The van der Waals surface area contributed by atoms with Gasteiger partial charge in [0.15, 0.2) is 0 Å². The lowest BCUT2D eigenvalue weighted by Gasteiger charge is -2.05. The second-order valence-corrected chi connectivity index (χ2v) is 3.66. The SMILES string of the molecule is O=C(O)Cc1cc(=O)oc2c1C=CC(O)=CC2. The Kier molecular flexibility index (Phi) is 2.82. The molecule has 1 heterocycles. The zero-order chi connectivity index (χ0) is 12.4. The van der Waals surface area contributed by atoms with Crippen molar-refractivity contribution in [3.63, 3.8) is 0 Å². The molecule has 0 amide bonds. The van der Waals surface area contributed by atoms with Crippen LogP contribution >= 0.6 is 0 Å². The highest BCUT2D eigenvalue weighted by molar-refractivity contribution is 5.73. The van der Waals surface area contributed by atoms with E-state index in [4.69, 9.17) is 9.52 Å². The fourth-order valence-electron chi connectivity index (χ4n) is 1.70. The smallest absolute Gasteiger partial charge is 0.336 e. The number of allylic oxidation sites excluding steroid dienone is 2. The quantitative estimate of drug-likeness (QED) is 0.804. The van der Waals surface area contributed by atoms with Crippen LogP contribution in [0.15, 0.2) is 33.2 Å². The van der Waals surface area contributed by atoms with Crippen LogP contribution in [0.3, 0.4) is 0 Å². The zero-order valence-electron chi connectivity index (χ0n) is 8.84. The molecule has 1 aliphatic rings. The van der Waals surface area contributed by atoms with Crippen molar-refractivity contribution in [1.29, 1.82) is 0 Å². The Balaban J connectivity index is 2.56. The van der Waals surface area contributed by atoms with E-state index in [1.807, 2.05) is 0 Å². The lowest BCUT2D eigenvalue weighted by molar-refractivity contribution is -0.136. The lowest BCUT2D eigenvalue weighted by Crippen LogP contribution is -2.10. The van der Waals surface area contributed by atoms with Crippen molar-refractivity contribution < 1.29 is 19.4 Å². The molecule has 1 aromatic heterocycles. The molecule has 0 bridgehead atoms. The second-order valence-electron chi connectivity index (χ2n) is 3.66. The van der Waals surface area contributed by atoms with Crippen molar-refractivity contribution in [3.05, 3.63) is 51.3 Å². The molecule has 1 aromatic rings. The first kappa shape index (κ1) is 11.2. The number of carboxylic acids is 1. The van der Waals surface area contributed by atoms with E-state index in [1.54, 1.807) is 6.08 Å². The zero-order valence-corrected chi connectivity index (χ0v) is 8.84. The molecule has 0 saturated carbocycles. The number of hydrogen-bond acceptors (Lipinski definition) is 4. The standard InChI is InChI=1S/C12H10O5/c13-8-1-3-9-7(5-11(14)15)6-12(16)17-10(9)4-2-8/h1-3,6,13H,4-5H2,(H,14,15). The van der Waals surface area contributed by atoms with Gasteiger partial charge in [0.2, 0.25) is 0 Å². The largest absolute Gasteiger partial charge is 0.508 e. The van der Waals surface area contributed by atoms with E-state index in [0.717, 1.165) is 0 Å². The highest BCUT2D eigenvalue weighted by atomic mass is 16.4. The predicted octanol–water partition coefficient (Wildman–Crippen LogP) is 1.28. The maximum absolute atomic E-state index is 11.3. The van der Waals surface area contributed by atoms with Gasteiger partial charge in [0.25, 0.3) is 0 Å². The van der Waals surface area contributed by atoms with Gasteiger partial charge in [-0.15, -0.1) is 0 Å². The van der Waals surface area contributed by atoms with Gasteiger partial charge in [0.05, 0.1) is 6.42 Å². The van der Waals surface area contributed by atoms with Gasteiger partial charge < -0.3 is 14.6 Å². The molecular formula is C12H10O5. The van der Waals surface area contributed by atoms with Crippen molar-refractivity contribution in [2.24, 2.45) is 0 Å². The van der Waals surface area contributed by atoms with Crippen LogP contribution in [0.25, 0.3) is 6.08 Å². The first-order chi connectivity index (χ1) is 8.06. The summed E-state index contributed by atoms with van der Waals surface area (Å²) < 4.78 is 4.99. The van der Waals surface area contributed by atoms with Crippen LogP contribution in [0.1, 0.15) is 16.9 Å². The molecule has 5 heteroatoms. The van der Waals surface area contributed by atoms with E-state index >= 15 is 0 Å². The summed E-state index contributed by atoms with van der Waals surface area (Å²) in [5.41, 5.74) is 0.360. The third kappa shape index (κ3) is 2.44. The monoisotopic (exact) mass is 234 g/mol. The normalized spacial score (nSPS) is 13.8. The van der Waals surface area contributed by atoms with Crippen LogP contribution in [0, 0.1) is 0 Å². The summed E-state index contributed by atoms with van der Waals surface area (Å²) in [7, 11) is 0. The number of fused-ring (bicyclic) bond motifs is 1. The van der Waals surface area contributed by atoms with Crippen LogP contribution in [0.5, 0.6) is 0 Å². The van der Waals surface area contributed by atoms with Gasteiger partial charge in [-0.05, 0) is 23.8 Å². The van der Waals surface area contributed by atoms with E-state index < -0.39 is 11.6 Å². The van der Waals surface area contributed by atoms with Crippen molar-refractivity contribution in [2.45, 2.75) is 12.8 Å². The molecular weight excluding hydrogens is 224 g/mol. The third-order valence-corrected chi connectivity index (χ3v) is 2.42. The molecule has 0 spiro atoms. The summed E-state index contributed by atoms with van der Waals surface area (Å²) in [6.45, 7) is 0. The molecule has 2 N–H and O–H groups in total. The van der Waals surface area contributed by atoms with E-state index in [-0.39, 0.29) is 18.6 Å². The molecule has 0 aromatic carbocycles. The number of rotatable bonds is 2. The van der Waals surface area contributed by atoms with Crippen molar-refractivity contribution in [2.75, 3.05) is 0 Å². The summed E-state index contributed by atoms with van der Waals surface area (Å²) in [4.78, 5) is 22.0. The highest BCUT2D eigenvalue weighted by Crippen LogP contribution is 2.20. The summed E-state index contributed by atoms with van der Waals surface area (Å²) in [5, 5.41) is 18.1. The minimum absolute atomic E-state index is 0.0603. The molecule has 0 radical (unpaired) electrons. The minimum atomic E-state index is -1.02. The van der Waals surface area contributed by atoms with Crippen LogP contribution in [-0.4, -0.2) is 16.2 Å². The van der Waals surface area contributed by atoms with E-state index in [9.17, 15) is 14.7 Å². The van der Waals surface area contributed by atoms with Crippen molar-refractivity contribution in [3.8, 4) is 0 Å². The van der Waals surface area contributed by atoms with Gasteiger partial charge in [-0.3, -0.25) is 4.79 Å². The third-order valence-electron chi connectivity index (χ3n) is 2.42. The van der Waals surface area contributed by atoms with E-state index in [0.29, 0.717) is 16.9 Å². The Morgan fingerprint density at radius 1 is 1.41 bits per heavy atom. The number of carbonyl (C=O) groups is 1. The Labute approximate surface area is 96.3 Å². The fourth-order valence-corrected chi connectivity index (χ4v) is 1.70. The first-order valence-corrected chi connectivity index (χ1v) is 5.01.